The van der Waals surface area contributed by atoms with Crippen LogP contribution in [0.3, 0.4) is 0 Å². The minimum absolute atomic E-state index is 0. The van der Waals surface area contributed by atoms with Crippen LogP contribution in [0.4, 0.5) is 0 Å². The van der Waals surface area contributed by atoms with Gasteiger partial charge in [-0.1, -0.05) is 13.8 Å². The van der Waals surface area contributed by atoms with Crippen LogP contribution in [0.25, 0.3) is 0 Å². The molecule has 0 aliphatic heterocycles. The molecule has 0 aromatic carbocycles. The zero-order valence-electron chi connectivity index (χ0n) is 17.1. The van der Waals surface area contributed by atoms with Crippen LogP contribution in [0.2, 0.25) is 0 Å². The second-order valence-corrected chi connectivity index (χ2v) is 11.1. The second kappa shape index (κ2) is 7.82. The van der Waals surface area contributed by atoms with Crippen LogP contribution in [0, 0.1) is 40.4 Å². The van der Waals surface area contributed by atoms with Gasteiger partial charge in [0.1, 0.15) is 0 Å². The van der Waals surface area contributed by atoms with Crippen LogP contribution in [0.15, 0.2) is 0 Å². The number of fused-ring (bicyclic) bond motifs is 5. The molecule has 0 spiro atoms. The molecule has 4 fully saturated rings. The molecule has 5 nitrogen and oxygen atoms in total. The van der Waals surface area contributed by atoms with Crippen LogP contribution in [-0.2, 0) is 14.6 Å². The van der Waals surface area contributed by atoms with Crippen molar-refractivity contribution in [1.29, 1.82) is 0 Å². The van der Waals surface area contributed by atoms with Gasteiger partial charge >= 0.3 is 40.0 Å². The van der Waals surface area contributed by atoms with Crippen LogP contribution in [0.1, 0.15) is 71.6 Å². The Morgan fingerprint density at radius 3 is 2.30 bits per heavy atom. The Morgan fingerprint density at radius 2 is 1.63 bits per heavy atom. The number of hydrogen-bond acceptors (Lipinski definition) is 4. The standard InChI is InChI=1S/C20H34O5S.Na/c1-19-9-7-15(25-26(22,23)24)11-13(19)3-5-16-17-6-4-14(12-21)20(17,2)10-8-18(16)19;/h13-18,21H,3-12H2,1-2H3,(H,22,23,24);/q;+1/t13?,14-,15+,16?,17?,18?,19+,20-;/m1./s1. The normalized spacial score (nSPS) is 49.5. The molecule has 4 aliphatic carbocycles. The van der Waals surface area contributed by atoms with E-state index in [4.69, 9.17) is 8.74 Å². The molecule has 0 radical (unpaired) electrons. The Kier molecular flexibility index (Phi) is 6.52. The molecule has 27 heavy (non-hydrogen) atoms. The number of rotatable bonds is 3. The summed E-state index contributed by atoms with van der Waals surface area (Å²) in [6.45, 7) is 5.19. The first-order chi connectivity index (χ1) is 12.2. The minimum Gasteiger partial charge on any atom is -0.396 e. The summed E-state index contributed by atoms with van der Waals surface area (Å²) >= 11 is 0. The topological polar surface area (TPSA) is 83.8 Å². The Labute approximate surface area is 186 Å². The third kappa shape index (κ3) is 3.82. The van der Waals surface area contributed by atoms with E-state index in [-0.39, 0.29) is 41.1 Å². The van der Waals surface area contributed by atoms with Gasteiger partial charge in [-0.2, -0.15) is 8.42 Å². The zero-order chi connectivity index (χ0) is 18.7. The third-order valence-electron chi connectivity index (χ3n) is 9.29. The molecule has 7 heteroatoms. The van der Waals surface area contributed by atoms with Crippen LogP contribution < -0.4 is 29.6 Å². The quantitative estimate of drug-likeness (QED) is 0.533. The van der Waals surface area contributed by atoms with Gasteiger partial charge in [0.05, 0.1) is 6.10 Å². The molecule has 0 aromatic rings. The number of aliphatic hydroxyl groups is 1. The second-order valence-electron chi connectivity index (χ2n) is 10.1. The van der Waals surface area contributed by atoms with Gasteiger partial charge in [0, 0.05) is 6.61 Å². The van der Waals surface area contributed by atoms with E-state index in [9.17, 15) is 13.5 Å². The van der Waals surface area contributed by atoms with Crippen molar-refractivity contribution in [3.05, 3.63) is 0 Å². The Hall–Kier alpha value is 0.830. The predicted molar refractivity (Wildman–Crippen MR) is 98.7 cm³/mol. The first-order valence-electron chi connectivity index (χ1n) is 10.4. The van der Waals surface area contributed by atoms with Crippen molar-refractivity contribution in [3.63, 3.8) is 0 Å². The Bertz CT molecular complexity index is 655. The average Bonchev–Trinajstić information content (AvgIpc) is 2.90. The van der Waals surface area contributed by atoms with Gasteiger partial charge in [0.2, 0.25) is 0 Å². The summed E-state index contributed by atoms with van der Waals surface area (Å²) < 4.78 is 36.1. The first-order valence-corrected chi connectivity index (χ1v) is 11.8. The van der Waals surface area contributed by atoms with Gasteiger partial charge in [-0.25, -0.2) is 4.18 Å². The fourth-order valence-corrected chi connectivity index (χ4v) is 8.41. The number of aliphatic hydroxyl groups excluding tert-OH is 1. The molecular weight excluding hydrogens is 375 g/mol. The Balaban J connectivity index is 0.00000210. The fraction of sp³-hybridized carbons (Fsp3) is 1.00. The van der Waals surface area contributed by atoms with E-state index in [0.717, 1.165) is 37.5 Å². The zero-order valence-corrected chi connectivity index (χ0v) is 19.9. The van der Waals surface area contributed by atoms with E-state index in [1.165, 1.54) is 32.1 Å². The SMILES string of the molecule is C[C@]12CC[C@H](OS(=O)(=O)O)CC1CCC1C2CC[C@@]2(C)C1CC[C@@H]2CO.[Na+]. The van der Waals surface area contributed by atoms with Crippen LogP contribution in [0.5, 0.6) is 0 Å². The van der Waals surface area contributed by atoms with E-state index >= 15 is 0 Å². The molecule has 150 valence electrons. The van der Waals surface area contributed by atoms with Crippen LogP contribution in [-0.4, -0.2) is 30.8 Å². The van der Waals surface area contributed by atoms with Crippen molar-refractivity contribution >= 4 is 10.4 Å². The molecule has 0 aromatic heterocycles. The van der Waals surface area contributed by atoms with E-state index in [1.54, 1.807) is 0 Å². The van der Waals surface area contributed by atoms with Crippen LogP contribution >= 0.6 is 0 Å². The molecule has 4 saturated carbocycles. The molecule has 0 heterocycles. The average molecular weight is 410 g/mol. The van der Waals surface area contributed by atoms with Gasteiger partial charge in [-0.05, 0) is 98.2 Å². The van der Waals surface area contributed by atoms with E-state index < -0.39 is 10.4 Å². The van der Waals surface area contributed by atoms with Crippen molar-refractivity contribution in [2.45, 2.75) is 77.7 Å². The molecule has 4 rings (SSSR count). The summed E-state index contributed by atoms with van der Waals surface area (Å²) in [7, 11) is -4.36. The largest absolute Gasteiger partial charge is 1.00 e. The summed E-state index contributed by atoms with van der Waals surface area (Å²) in [5.41, 5.74) is 0.574. The summed E-state index contributed by atoms with van der Waals surface area (Å²) in [5, 5.41) is 9.84. The summed E-state index contributed by atoms with van der Waals surface area (Å²) in [5.74, 6) is 3.17. The van der Waals surface area contributed by atoms with Gasteiger partial charge in [-0.3, -0.25) is 4.55 Å². The molecular formula is C20H34NaO5S+. The summed E-state index contributed by atoms with van der Waals surface area (Å²) in [4.78, 5) is 0. The fourth-order valence-electron chi connectivity index (χ4n) is 7.89. The molecule has 0 saturated heterocycles. The first kappa shape index (κ1) is 22.5. The molecule has 2 N–H and O–H groups in total. The van der Waals surface area contributed by atoms with Gasteiger partial charge in [-0.15, -0.1) is 0 Å². The Morgan fingerprint density at radius 1 is 0.963 bits per heavy atom. The minimum atomic E-state index is -4.36. The molecule has 0 bridgehead atoms. The predicted octanol–water partition coefficient (Wildman–Crippen LogP) is 0.830. The van der Waals surface area contributed by atoms with E-state index in [2.05, 4.69) is 13.8 Å². The van der Waals surface area contributed by atoms with Crippen molar-refractivity contribution in [1.82, 2.24) is 0 Å². The van der Waals surface area contributed by atoms with E-state index in [0.29, 0.717) is 29.8 Å². The monoisotopic (exact) mass is 409 g/mol. The molecule has 4 unspecified atom stereocenters. The van der Waals surface area contributed by atoms with Gasteiger partial charge < -0.3 is 5.11 Å². The smallest absolute Gasteiger partial charge is 0.396 e. The summed E-state index contributed by atoms with van der Waals surface area (Å²) in [6, 6.07) is 0. The maximum atomic E-state index is 11.1. The summed E-state index contributed by atoms with van der Waals surface area (Å²) in [6.07, 6.45) is 9.36. The number of hydrogen-bond donors (Lipinski definition) is 2. The molecule has 0 amide bonds. The molecule has 4 aliphatic rings. The third-order valence-corrected chi connectivity index (χ3v) is 9.81. The maximum Gasteiger partial charge on any atom is 1.00 e. The van der Waals surface area contributed by atoms with E-state index in [1.807, 2.05) is 0 Å². The van der Waals surface area contributed by atoms with Crippen molar-refractivity contribution < 1.29 is 51.8 Å². The van der Waals surface area contributed by atoms with Gasteiger partial charge in [0.25, 0.3) is 0 Å². The van der Waals surface area contributed by atoms with Crippen molar-refractivity contribution in [2.24, 2.45) is 40.4 Å². The van der Waals surface area contributed by atoms with Crippen molar-refractivity contribution in [3.8, 4) is 0 Å². The molecule has 8 atom stereocenters. The van der Waals surface area contributed by atoms with Crippen molar-refractivity contribution in [2.75, 3.05) is 6.61 Å². The maximum absolute atomic E-state index is 11.1. The van der Waals surface area contributed by atoms with Gasteiger partial charge in [0.15, 0.2) is 0 Å².